The third-order valence-corrected chi connectivity index (χ3v) is 6.17. The summed E-state index contributed by atoms with van der Waals surface area (Å²) in [4.78, 5) is 19.2. The van der Waals surface area contributed by atoms with E-state index in [0.29, 0.717) is 17.2 Å². The molecular formula is C19H19NO4S2. The van der Waals surface area contributed by atoms with Crippen LogP contribution in [0.5, 0.6) is 11.5 Å². The summed E-state index contributed by atoms with van der Waals surface area (Å²) >= 11 is 2.96. The van der Waals surface area contributed by atoms with Crippen molar-refractivity contribution in [2.24, 2.45) is 0 Å². The van der Waals surface area contributed by atoms with Crippen LogP contribution in [0, 0.1) is 6.92 Å². The maximum absolute atomic E-state index is 12.0. The molecule has 136 valence electrons. The van der Waals surface area contributed by atoms with Crippen LogP contribution in [0.15, 0.2) is 30.3 Å². The molecule has 0 radical (unpaired) electrons. The van der Waals surface area contributed by atoms with Crippen molar-refractivity contribution >= 4 is 28.6 Å². The van der Waals surface area contributed by atoms with Crippen LogP contribution < -0.4 is 9.47 Å². The molecule has 3 aromatic rings. The third kappa shape index (κ3) is 3.59. The molecule has 7 heteroatoms. The number of esters is 1. The Labute approximate surface area is 160 Å². The van der Waals surface area contributed by atoms with Crippen molar-refractivity contribution in [2.75, 3.05) is 20.8 Å². The number of ether oxygens (including phenoxy) is 3. The molecule has 5 nitrogen and oxygen atoms in total. The van der Waals surface area contributed by atoms with Gasteiger partial charge < -0.3 is 14.2 Å². The largest absolute Gasteiger partial charge is 0.497 e. The number of benzene rings is 1. The van der Waals surface area contributed by atoms with Gasteiger partial charge in [-0.1, -0.05) is 0 Å². The van der Waals surface area contributed by atoms with E-state index < -0.39 is 0 Å². The highest BCUT2D eigenvalue weighted by atomic mass is 32.1. The highest BCUT2D eigenvalue weighted by molar-refractivity contribution is 7.24. The minimum atomic E-state index is -0.317. The molecule has 0 bridgehead atoms. The minimum absolute atomic E-state index is 0.317. The number of aromatic nitrogens is 1. The van der Waals surface area contributed by atoms with Crippen molar-refractivity contribution in [1.82, 2.24) is 4.98 Å². The highest BCUT2D eigenvalue weighted by Crippen LogP contribution is 2.41. The van der Waals surface area contributed by atoms with E-state index in [-0.39, 0.29) is 5.97 Å². The standard InChI is InChI=1S/C19H19NO4S2/c1-5-24-19(21)17-11(2)20-18(26-17)16-9-8-15(25-16)13-7-6-12(22-3)10-14(13)23-4/h6-10H,5H2,1-4H3. The summed E-state index contributed by atoms with van der Waals surface area (Å²) in [5.41, 5.74) is 1.68. The molecule has 0 N–H and O–H groups in total. The first kappa shape index (κ1) is 18.4. The van der Waals surface area contributed by atoms with Crippen molar-refractivity contribution in [3.63, 3.8) is 0 Å². The Bertz CT molecular complexity index is 930. The van der Waals surface area contributed by atoms with Crippen LogP contribution in [-0.4, -0.2) is 31.8 Å². The Morgan fingerprint density at radius 2 is 1.85 bits per heavy atom. The van der Waals surface area contributed by atoms with Crippen LogP contribution in [0.4, 0.5) is 0 Å². The maximum Gasteiger partial charge on any atom is 0.350 e. The Hall–Kier alpha value is -2.38. The van der Waals surface area contributed by atoms with E-state index in [1.165, 1.54) is 11.3 Å². The molecule has 0 saturated heterocycles. The van der Waals surface area contributed by atoms with Crippen LogP contribution in [0.2, 0.25) is 0 Å². The van der Waals surface area contributed by atoms with Gasteiger partial charge in [0.25, 0.3) is 0 Å². The summed E-state index contributed by atoms with van der Waals surface area (Å²) in [6.07, 6.45) is 0. The lowest BCUT2D eigenvalue weighted by Gasteiger charge is -2.08. The number of methoxy groups -OCH3 is 2. The molecule has 0 amide bonds. The first-order chi connectivity index (χ1) is 12.6. The van der Waals surface area contributed by atoms with Gasteiger partial charge in [-0.2, -0.15) is 0 Å². The number of rotatable bonds is 6. The molecule has 0 spiro atoms. The van der Waals surface area contributed by atoms with E-state index >= 15 is 0 Å². The highest BCUT2D eigenvalue weighted by Gasteiger charge is 2.19. The fourth-order valence-corrected chi connectivity index (χ4v) is 4.54. The molecule has 1 aromatic carbocycles. The molecule has 0 saturated carbocycles. The lowest BCUT2D eigenvalue weighted by Crippen LogP contribution is -2.03. The number of hydrogen-bond acceptors (Lipinski definition) is 7. The zero-order chi connectivity index (χ0) is 18.7. The SMILES string of the molecule is CCOC(=O)c1sc(-c2ccc(-c3ccc(OC)cc3OC)s2)nc1C. The van der Waals surface area contributed by atoms with E-state index in [2.05, 4.69) is 4.98 Å². The molecule has 2 heterocycles. The number of hydrogen-bond donors (Lipinski definition) is 0. The number of thiophene rings is 1. The van der Waals surface area contributed by atoms with Crippen molar-refractivity contribution in [2.45, 2.75) is 13.8 Å². The number of aryl methyl sites for hydroxylation is 1. The van der Waals surface area contributed by atoms with E-state index in [0.717, 1.165) is 31.8 Å². The van der Waals surface area contributed by atoms with E-state index in [4.69, 9.17) is 14.2 Å². The fraction of sp³-hybridized carbons (Fsp3) is 0.263. The molecule has 0 aliphatic rings. The first-order valence-electron chi connectivity index (χ1n) is 8.04. The summed E-state index contributed by atoms with van der Waals surface area (Å²) < 4.78 is 15.8. The molecule has 0 aliphatic heterocycles. The normalized spacial score (nSPS) is 10.6. The minimum Gasteiger partial charge on any atom is -0.497 e. The summed E-state index contributed by atoms with van der Waals surface area (Å²) in [5, 5.41) is 0.814. The Morgan fingerprint density at radius 3 is 2.54 bits per heavy atom. The molecule has 0 unspecified atom stereocenters. The maximum atomic E-state index is 12.0. The number of carbonyl (C=O) groups is 1. The van der Waals surface area contributed by atoms with Gasteiger partial charge in [0.15, 0.2) is 0 Å². The number of thiazole rings is 1. The van der Waals surface area contributed by atoms with E-state index in [9.17, 15) is 4.79 Å². The third-order valence-electron chi connectivity index (χ3n) is 3.75. The van der Waals surface area contributed by atoms with Gasteiger partial charge in [0.05, 0.1) is 31.4 Å². The Balaban J connectivity index is 1.94. The first-order valence-corrected chi connectivity index (χ1v) is 9.67. The van der Waals surface area contributed by atoms with Gasteiger partial charge in [-0.05, 0) is 38.1 Å². The quantitative estimate of drug-likeness (QED) is 0.553. The number of nitrogens with zero attached hydrogens (tertiary/aromatic N) is 1. The van der Waals surface area contributed by atoms with Crippen LogP contribution in [-0.2, 0) is 4.74 Å². The van der Waals surface area contributed by atoms with E-state index in [1.807, 2.05) is 37.3 Å². The second-order valence-corrected chi connectivity index (χ2v) is 7.47. The van der Waals surface area contributed by atoms with Crippen LogP contribution in [0.3, 0.4) is 0 Å². The average molecular weight is 389 g/mol. The predicted octanol–water partition coefficient (Wildman–Crippen LogP) is 5.04. The average Bonchev–Trinajstić information content (AvgIpc) is 3.28. The summed E-state index contributed by atoms with van der Waals surface area (Å²) in [5.74, 6) is 1.18. The molecule has 2 aromatic heterocycles. The van der Waals surface area contributed by atoms with Crippen LogP contribution >= 0.6 is 22.7 Å². The topological polar surface area (TPSA) is 57.7 Å². The molecule has 3 rings (SSSR count). The predicted molar refractivity (Wildman–Crippen MR) is 105 cm³/mol. The lowest BCUT2D eigenvalue weighted by molar-refractivity contribution is 0.0531. The van der Waals surface area contributed by atoms with Gasteiger partial charge in [-0.15, -0.1) is 22.7 Å². The summed E-state index contributed by atoms with van der Waals surface area (Å²) in [6, 6.07) is 9.79. The molecule has 0 atom stereocenters. The molecule has 0 fully saturated rings. The molecule has 26 heavy (non-hydrogen) atoms. The van der Waals surface area contributed by atoms with Crippen molar-refractivity contribution < 1.29 is 19.0 Å². The fourth-order valence-electron chi connectivity index (χ4n) is 2.49. The zero-order valence-electron chi connectivity index (χ0n) is 15.0. The van der Waals surface area contributed by atoms with Gasteiger partial charge in [0.1, 0.15) is 21.4 Å². The summed E-state index contributed by atoms with van der Waals surface area (Å²) in [7, 11) is 3.27. The van der Waals surface area contributed by atoms with E-state index in [1.54, 1.807) is 32.5 Å². The molecule has 0 aliphatic carbocycles. The van der Waals surface area contributed by atoms with Crippen molar-refractivity contribution in [3.8, 4) is 31.8 Å². The molecular weight excluding hydrogens is 370 g/mol. The summed E-state index contributed by atoms with van der Waals surface area (Å²) in [6.45, 7) is 3.97. The second-order valence-electron chi connectivity index (χ2n) is 5.38. The van der Waals surface area contributed by atoms with Gasteiger partial charge in [0, 0.05) is 16.5 Å². The van der Waals surface area contributed by atoms with Gasteiger partial charge in [0.2, 0.25) is 0 Å². The zero-order valence-corrected chi connectivity index (χ0v) is 16.6. The van der Waals surface area contributed by atoms with Gasteiger partial charge >= 0.3 is 5.97 Å². The van der Waals surface area contributed by atoms with Crippen LogP contribution in [0.25, 0.3) is 20.3 Å². The van der Waals surface area contributed by atoms with Crippen LogP contribution in [0.1, 0.15) is 22.3 Å². The monoisotopic (exact) mass is 389 g/mol. The smallest absolute Gasteiger partial charge is 0.350 e. The van der Waals surface area contributed by atoms with Crippen molar-refractivity contribution in [1.29, 1.82) is 0 Å². The Morgan fingerprint density at radius 1 is 1.08 bits per heavy atom. The number of carbonyl (C=O) groups excluding carboxylic acids is 1. The second kappa shape index (κ2) is 7.88. The van der Waals surface area contributed by atoms with Gasteiger partial charge in [-0.3, -0.25) is 0 Å². The van der Waals surface area contributed by atoms with Crippen molar-refractivity contribution in [3.05, 3.63) is 40.9 Å². The Kier molecular flexibility index (Phi) is 5.58. The van der Waals surface area contributed by atoms with Gasteiger partial charge in [-0.25, -0.2) is 9.78 Å². The lowest BCUT2D eigenvalue weighted by atomic mass is 10.1.